The van der Waals surface area contributed by atoms with Crippen LogP contribution in [0.5, 0.6) is 0 Å². The van der Waals surface area contributed by atoms with Crippen molar-refractivity contribution in [2.45, 2.75) is 13.3 Å². The minimum Gasteiger partial charge on any atom is -0.314 e. The summed E-state index contributed by atoms with van der Waals surface area (Å²) < 4.78 is 0. The second kappa shape index (κ2) is 6.11. The topological polar surface area (TPSA) is 65.3 Å². The molecule has 0 atom stereocenters. The zero-order chi connectivity index (χ0) is 15.5. The molecule has 3 aromatic rings. The van der Waals surface area contributed by atoms with Gasteiger partial charge in [0.15, 0.2) is 0 Å². The van der Waals surface area contributed by atoms with Gasteiger partial charge in [-0.2, -0.15) is 0 Å². The molecule has 0 amide bonds. The Morgan fingerprint density at radius 1 is 1.23 bits per heavy atom. The van der Waals surface area contributed by atoms with Crippen molar-refractivity contribution >= 4 is 22.1 Å². The molecule has 5 nitrogen and oxygen atoms in total. The highest BCUT2D eigenvalue weighted by Crippen LogP contribution is 2.30. The number of hydrogen-bond acceptors (Lipinski definition) is 5. The first kappa shape index (κ1) is 14.5. The minimum absolute atomic E-state index is 0.0627. The number of aromatic nitrogens is 1. The van der Waals surface area contributed by atoms with Crippen LogP contribution in [-0.4, -0.2) is 16.7 Å². The van der Waals surface area contributed by atoms with E-state index in [-0.39, 0.29) is 6.61 Å². The molecule has 2 aromatic carbocycles. The average molecular weight is 314 g/mol. The van der Waals surface area contributed by atoms with Crippen molar-refractivity contribution in [1.82, 2.24) is 4.98 Å². The minimum atomic E-state index is -0.763. The molecule has 0 aliphatic heterocycles. The van der Waals surface area contributed by atoms with E-state index in [0.717, 1.165) is 21.1 Å². The normalized spacial score (nSPS) is 10.8. The van der Waals surface area contributed by atoms with E-state index in [1.165, 1.54) is 10.8 Å². The highest BCUT2D eigenvalue weighted by Gasteiger charge is 2.10. The molecular formula is C16H14N2O3S. The third-order valence-corrected chi connectivity index (χ3v) is 4.68. The van der Waals surface area contributed by atoms with Crippen molar-refractivity contribution in [2.75, 3.05) is 6.61 Å². The van der Waals surface area contributed by atoms with E-state index in [1.807, 2.05) is 19.1 Å². The lowest BCUT2D eigenvalue weighted by Gasteiger charge is -2.00. The van der Waals surface area contributed by atoms with Gasteiger partial charge in [-0.25, -0.2) is 4.98 Å². The van der Waals surface area contributed by atoms with Gasteiger partial charge in [-0.05, 0) is 23.8 Å². The van der Waals surface area contributed by atoms with Gasteiger partial charge >= 0.3 is 0 Å². The van der Waals surface area contributed by atoms with Gasteiger partial charge in [0.05, 0.1) is 5.69 Å². The molecule has 0 fully saturated rings. The number of benzene rings is 2. The van der Waals surface area contributed by atoms with Crippen molar-refractivity contribution in [2.24, 2.45) is 0 Å². The molecule has 0 unspecified atom stereocenters. The molecule has 1 aromatic heterocycles. The first-order valence-electron chi connectivity index (χ1n) is 6.86. The fourth-order valence-corrected chi connectivity index (χ4v) is 3.36. The van der Waals surface area contributed by atoms with E-state index in [0.29, 0.717) is 6.42 Å². The average Bonchev–Trinajstić information content (AvgIpc) is 2.88. The highest BCUT2D eigenvalue weighted by atomic mass is 32.1. The number of fused-ring (bicyclic) bond motifs is 1. The number of hydrogen-bond donors (Lipinski definition) is 0. The molecule has 0 bridgehead atoms. The third kappa shape index (κ3) is 3.07. The molecule has 6 heteroatoms. The molecular weight excluding hydrogens is 300 g/mol. The van der Waals surface area contributed by atoms with Crippen LogP contribution in [0.2, 0.25) is 0 Å². The molecule has 0 aliphatic rings. The van der Waals surface area contributed by atoms with Crippen LogP contribution in [0.25, 0.3) is 21.3 Å². The van der Waals surface area contributed by atoms with Gasteiger partial charge in [-0.1, -0.05) is 36.4 Å². The zero-order valence-corrected chi connectivity index (χ0v) is 12.8. The molecule has 1 heterocycles. The van der Waals surface area contributed by atoms with E-state index < -0.39 is 5.09 Å². The summed E-state index contributed by atoms with van der Waals surface area (Å²) in [5, 5.41) is 12.7. The van der Waals surface area contributed by atoms with E-state index >= 15 is 0 Å². The van der Waals surface area contributed by atoms with Crippen LogP contribution in [-0.2, 0) is 11.3 Å². The van der Waals surface area contributed by atoms with Gasteiger partial charge in [-0.3, -0.25) is 0 Å². The maximum absolute atomic E-state index is 10.2. The Morgan fingerprint density at radius 2 is 2.00 bits per heavy atom. The monoisotopic (exact) mass is 314 g/mol. The van der Waals surface area contributed by atoms with Crippen molar-refractivity contribution < 1.29 is 9.92 Å². The largest absolute Gasteiger partial charge is 0.314 e. The number of nitrogens with zero attached hydrogens (tertiary/aromatic N) is 2. The van der Waals surface area contributed by atoms with Crippen LogP contribution < -0.4 is 0 Å². The first-order chi connectivity index (χ1) is 10.6. The molecule has 0 aliphatic carbocycles. The molecule has 22 heavy (non-hydrogen) atoms. The Bertz CT molecular complexity index is 829. The van der Waals surface area contributed by atoms with Gasteiger partial charge in [0, 0.05) is 16.9 Å². The van der Waals surface area contributed by atoms with Crippen molar-refractivity contribution in [3.8, 4) is 10.6 Å². The quantitative estimate of drug-likeness (QED) is 0.527. The Labute approximate surface area is 131 Å². The van der Waals surface area contributed by atoms with Gasteiger partial charge in [-0.15, -0.1) is 21.5 Å². The molecule has 112 valence electrons. The molecule has 0 saturated carbocycles. The van der Waals surface area contributed by atoms with E-state index in [2.05, 4.69) is 40.2 Å². The summed E-state index contributed by atoms with van der Waals surface area (Å²) in [5.41, 5.74) is 1.97. The Hall–Kier alpha value is -2.47. The smallest absolute Gasteiger partial charge is 0.294 e. The van der Waals surface area contributed by atoms with Crippen LogP contribution in [0, 0.1) is 17.0 Å². The van der Waals surface area contributed by atoms with Crippen LogP contribution in [0.3, 0.4) is 0 Å². The third-order valence-electron chi connectivity index (χ3n) is 3.41. The predicted octanol–water partition coefficient (Wildman–Crippen LogP) is 4.02. The summed E-state index contributed by atoms with van der Waals surface area (Å²) in [6.45, 7) is 1.98. The maximum atomic E-state index is 10.2. The SMILES string of the molecule is Cc1nc(-c2ccc3ccccc3c2)sc1CCO[N+](=O)[O-]. The summed E-state index contributed by atoms with van der Waals surface area (Å²) in [6.07, 6.45) is 0.498. The van der Waals surface area contributed by atoms with Crippen LogP contribution in [0.1, 0.15) is 10.6 Å². The van der Waals surface area contributed by atoms with Crippen LogP contribution >= 0.6 is 11.3 Å². The van der Waals surface area contributed by atoms with Gasteiger partial charge in [0.1, 0.15) is 11.6 Å². The lowest BCUT2D eigenvalue weighted by atomic mass is 10.1. The molecule has 3 rings (SSSR count). The highest BCUT2D eigenvalue weighted by molar-refractivity contribution is 7.15. The molecule has 0 saturated heterocycles. The van der Waals surface area contributed by atoms with Gasteiger partial charge in [0.2, 0.25) is 0 Å². The number of thiazole rings is 1. The van der Waals surface area contributed by atoms with Gasteiger partial charge < -0.3 is 4.84 Å². The molecule has 0 radical (unpaired) electrons. The van der Waals surface area contributed by atoms with E-state index in [1.54, 1.807) is 11.3 Å². The molecule has 0 spiro atoms. The summed E-state index contributed by atoms with van der Waals surface area (Å²) >= 11 is 1.56. The Balaban J connectivity index is 1.85. The number of rotatable bonds is 5. The Kier molecular flexibility index (Phi) is 4.02. The maximum Gasteiger partial charge on any atom is 0.294 e. The van der Waals surface area contributed by atoms with Crippen LogP contribution in [0.4, 0.5) is 0 Å². The second-order valence-electron chi connectivity index (χ2n) is 4.90. The first-order valence-corrected chi connectivity index (χ1v) is 7.68. The fourth-order valence-electron chi connectivity index (χ4n) is 2.32. The standard InChI is InChI=1S/C16H14N2O3S/c1-11-15(8-9-21-18(19)20)22-16(17-11)14-7-6-12-4-2-3-5-13(12)10-14/h2-7,10H,8-9H2,1H3. The summed E-state index contributed by atoms with van der Waals surface area (Å²) in [7, 11) is 0. The summed E-state index contributed by atoms with van der Waals surface area (Å²) in [5.74, 6) is 0. The lowest BCUT2D eigenvalue weighted by Crippen LogP contribution is -2.04. The predicted molar refractivity (Wildman–Crippen MR) is 86.4 cm³/mol. The fraction of sp³-hybridized carbons (Fsp3) is 0.188. The zero-order valence-electron chi connectivity index (χ0n) is 12.0. The summed E-state index contributed by atoms with van der Waals surface area (Å²) in [4.78, 5) is 20.2. The van der Waals surface area contributed by atoms with Gasteiger partial charge in [0.25, 0.3) is 5.09 Å². The van der Waals surface area contributed by atoms with Crippen molar-refractivity contribution in [1.29, 1.82) is 0 Å². The van der Waals surface area contributed by atoms with E-state index in [9.17, 15) is 10.1 Å². The van der Waals surface area contributed by atoms with Crippen LogP contribution in [0.15, 0.2) is 42.5 Å². The second-order valence-corrected chi connectivity index (χ2v) is 5.98. The van der Waals surface area contributed by atoms with E-state index in [4.69, 9.17) is 0 Å². The van der Waals surface area contributed by atoms with Crippen molar-refractivity contribution in [3.63, 3.8) is 0 Å². The summed E-state index contributed by atoms with van der Waals surface area (Å²) in [6, 6.07) is 14.4. The van der Waals surface area contributed by atoms with Crippen molar-refractivity contribution in [3.05, 3.63) is 63.1 Å². The lowest BCUT2D eigenvalue weighted by molar-refractivity contribution is -0.757. The molecule has 0 N–H and O–H groups in total. The Morgan fingerprint density at radius 3 is 2.77 bits per heavy atom. The number of aryl methyl sites for hydroxylation is 1.